The van der Waals surface area contributed by atoms with Gasteiger partial charge in [0.15, 0.2) is 5.82 Å². The maximum atomic E-state index is 14.0. The molecule has 35 heavy (non-hydrogen) atoms. The second-order valence-electron chi connectivity index (χ2n) is 8.85. The zero-order valence-corrected chi connectivity index (χ0v) is 19.5. The van der Waals surface area contributed by atoms with E-state index in [1.807, 2.05) is 4.90 Å². The Kier molecular flexibility index (Phi) is 6.71. The number of benzene rings is 1. The number of morpholine rings is 1. The maximum absolute atomic E-state index is 14.0. The van der Waals surface area contributed by atoms with Crippen LogP contribution in [0.25, 0.3) is 17.0 Å². The molecule has 186 valence electrons. The van der Waals surface area contributed by atoms with Crippen LogP contribution < -0.4 is 15.5 Å². The van der Waals surface area contributed by atoms with Gasteiger partial charge in [-0.1, -0.05) is 12.1 Å². The van der Waals surface area contributed by atoms with E-state index in [0.29, 0.717) is 49.2 Å². The van der Waals surface area contributed by atoms with E-state index in [9.17, 15) is 13.6 Å². The molecule has 1 amide bonds. The molecule has 0 atom stereocenters. The van der Waals surface area contributed by atoms with E-state index in [-0.39, 0.29) is 23.9 Å². The number of nitrogens with one attached hydrogen (secondary N) is 2. The average molecular weight is 487 g/mol. The quantitative estimate of drug-likeness (QED) is 0.547. The number of halogens is 2. The molecule has 10 nitrogen and oxygen atoms in total. The number of fused-ring (bicyclic) bond motifs is 1. The number of para-hydroxylation sites is 2. The minimum Gasteiger partial charge on any atom is -0.378 e. The Morgan fingerprint density at radius 3 is 2.40 bits per heavy atom. The van der Waals surface area contributed by atoms with E-state index in [1.165, 1.54) is 11.5 Å². The minimum absolute atomic E-state index is 0.0268. The number of hydrogen-bond acceptors (Lipinski definition) is 8. The van der Waals surface area contributed by atoms with Crippen molar-refractivity contribution in [3.63, 3.8) is 0 Å². The SMILES string of the molecule is CC(=O)NC1CCC(Nc2nc(N3CCOCC3)nc(-n3c(C(F)F)nc4ccccc43)n2)CC1. The summed E-state index contributed by atoms with van der Waals surface area (Å²) in [6, 6.07) is 7.20. The zero-order valence-electron chi connectivity index (χ0n) is 19.5. The highest BCUT2D eigenvalue weighted by molar-refractivity contribution is 5.77. The first kappa shape index (κ1) is 23.3. The fraction of sp³-hybridized carbons (Fsp3) is 0.522. The lowest BCUT2D eigenvalue weighted by Crippen LogP contribution is -2.39. The summed E-state index contributed by atoms with van der Waals surface area (Å²) in [6.45, 7) is 3.78. The van der Waals surface area contributed by atoms with Crippen LogP contribution in [0.4, 0.5) is 20.7 Å². The fourth-order valence-corrected chi connectivity index (χ4v) is 4.68. The summed E-state index contributed by atoms with van der Waals surface area (Å²) in [5, 5.41) is 6.35. The molecule has 0 bridgehead atoms. The van der Waals surface area contributed by atoms with Crippen LogP contribution in [0.5, 0.6) is 0 Å². The molecule has 3 aromatic rings. The van der Waals surface area contributed by atoms with Crippen molar-refractivity contribution in [3.05, 3.63) is 30.1 Å². The number of hydrogen-bond donors (Lipinski definition) is 2. The van der Waals surface area contributed by atoms with Crippen molar-refractivity contribution in [1.29, 1.82) is 0 Å². The van der Waals surface area contributed by atoms with Gasteiger partial charge in [-0.25, -0.2) is 13.8 Å². The van der Waals surface area contributed by atoms with Crippen LogP contribution in [-0.4, -0.2) is 68.8 Å². The normalized spacial score (nSPS) is 20.9. The van der Waals surface area contributed by atoms with Crippen molar-refractivity contribution in [1.82, 2.24) is 29.8 Å². The molecular weight excluding hydrogens is 458 g/mol. The Morgan fingerprint density at radius 1 is 1.00 bits per heavy atom. The first-order chi connectivity index (χ1) is 17.0. The number of nitrogens with zero attached hydrogens (tertiary/aromatic N) is 6. The third-order valence-electron chi connectivity index (χ3n) is 6.36. The van der Waals surface area contributed by atoms with Crippen molar-refractivity contribution in [2.75, 3.05) is 36.5 Å². The third-order valence-corrected chi connectivity index (χ3v) is 6.36. The summed E-state index contributed by atoms with van der Waals surface area (Å²) in [5.41, 5.74) is 0.950. The summed E-state index contributed by atoms with van der Waals surface area (Å²) >= 11 is 0. The van der Waals surface area contributed by atoms with Crippen LogP contribution in [0, 0.1) is 0 Å². The van der Waals surface area contributed by atoms with E-state index in [2.05, 4.69) is 30.6 Å². The van der Waals surface area contributed by atoms with Crippen molar-refractivity contribution >= 4 is 28.8 Å². The molecule has 1 saturated carbocycles. The number of aromatic nitrogens is 5. The smallest absolute Gasteiger partial charge is 0.296 e. The van der Waals surface area contributed by atoms with E-state index in [0.717, 1.165) is 25.7 Å². The number of ether oxygens (including phenoxy) is 1. The summed E-state index contributed by atoms with van der Waals surface area (Å²) < 4.78 is 34.7. The van der Waals surface area contributed by atoms with Crippen LogP contribution in [0.1, 0.15) is 44.9 Å². The molecule has 2 fully saturated rings. The van der Waals surface area contributed by atoms with Gasteiger partial charge in [-0.15, -0.1) is 0 Å². The molecule has 2 aromatic heterocycles. The first-order valence-electron chi connectivity index (χ1n) is 11.9. The van der Waals surface area contributed by atoms with E-state index < -0.39 is 12.2 Å². The molecule has 2 N–H and O–H groups in total. The van der Waals surface area contributed by atoms with E-state index >= 15 is 0 Å². The highest BCUT2D eigenvalue weighted by atomic mass is 19.3. The lowest BCUT2D eigenvalue weighted by atomic mass is 9.91. The minimum atomic E-state index is -2.80. The summed E-state index contributed by atoms with van der Waals surface area (Å²) in [5.74, 6) is 0.399. The van der Waals surface area contributed by atoms with Gasteiger partial charge in [0.25, 0.3) is 6.43 Å². The van der Waals surface area contributed by atoms with Gasteiger partial charge in [-0.05, 0) is 37.8 Å². The third kappa shape index (κ3) is 5.16. The van der Waals surface area contributed by atoms with Crippen LogP contribution in [0.3, 0.4) is 0 Å². The lowest BCUT2D eigenvalue weighted by Gasteiger charge is -2.30. The number of imidazole rings is 1. The standard InChI is InChI=1S/C23H28F2N8O2/c1-14(34)26-15-6-8-16(9-7-15)27-21-29-22(32-10-12-35-13-11-32)31-23(30-21)33-18-5-3-2-4-17(18)28-20(33)19(24)25/h2-5,15-16,19H,6-13H2,1H3,(H,26,34)(H,27,29,30,31). The number of amides is 1. The predicted octanol–water partition coefficient (Wildman–Crippen LogP) is 2.84. The fourth-order valence-electron chi connectivity index (χ4n) is 4.68. The highest BCUT2D eigenvalue weighted by Gasteiger charge is 2.26. The van der Waals surface area contributed by atoms with Gasteiger partial charge in [-0.3, -0.25) is 9.36 Å². The van der Waals surface area contributed by atoms with Crippen LogP contribution in [0.15, 0.2) is 24.3 Å². The van der Waals surface area contributed by atoms with Gasteiger partial charge in [0.2, 0.25) is 23.8 Å². The molecule has 12 heteroatoms. The van der Waals surface area contributed by atoms with Gasteiger partial charge >= 0.3 is 0 Å². The van der Waals surface area contributed by atoms with Gasteiger partial charge in [0, 0.05) is 32.1 Å². The zero-order chi connectivity index (χ0) is 24.4. The Morgan fingerprint density at radius 2 is 1.69 bits per heavy atom. The van der Waals surface area contributed by atoms with Gasteiger partial charge < -0.3 is 20.3 Å². The maximum Gasteiger partial charge on any atom is 0.296 e. The molecule has 2 aliphatic rings. The second kappa shape index (κ2) is 10.1. The average Bonchev–Trinajstić information content (AvgIpc) is 3.25. The number of alkyl halides is 2. The topological polar surface area (TPSA) is 110 Å². The monoisotopic (exact) mass is 486 g/mol. The van der Waals surface area contributed by atoms with Crippen molar-refractivity contribution in [3.8, 4) is 5.95 Å². The molecule has 1 aliphatic carbocycles. The molecule has 0 unspecified atom stereocenters. The highest BCUT2D eigenvalue weighted by Crippen LogP contribution is 2.28. The van der Waals surface area contributed by atoms with Gasteiger partial charge in [0.05, 0.1) is 24.2 Å². The van der Waals surface area contributed by atoms with Crippen LogP contribution in [-0.2, 0) is 9.53 Å². The van der Waals surface area contributed by atoms with Crippen molar-refractivity contribution in [2.45, 2.75) is 51.1 Å². The molecule has 3 heterocycles. The molecule has 5 rings (SSSR count). The molecular formula is C23H28F2N8O2. The van der Waals surface area contributed by atoms with Crippen LogP contribution in [0.2, 0.25) is 0 Å². The van der Waals surface area contributed by atoms with E-state index in [1.54, 1.807) is 24.3 Å². The molecule has 0 radical (unpaired) electrons. The van der Waals surface area contributed by atoms with Gasteiger partial charge in [-0.2, -0.15) is 15.0 Å². The number of anilines is 2. The molecule has 1 saturated heterocycles. The molecule has 1 aromatic carbocycles. The second-order valence-corrected chi connectivity index (χ2v) is 8.85. The van der Waals surface area contributed by atoms with Crippen molar-refractivity contribution in [2.24, 2.45) is 0 Å². The van der Waals surface area contributed by atoms with Crippen molar-refractivity contribution < 1.29 is 18.3 Å². The largest absolute Gasteiger partial charge is 0.378 e. The molecule has 0 spiro atoms. The first-order valence-corrected chi connectivity index (χ1v) is 11.9. The Labute approximate surface area is 201 Å². The summed E-state index contributed by atoms with van der Waals surface area (Å²) in [6.07, 6.45) is 0.538. The summed E-state index contributed by atoms with van der Waals surface area (Å²) in [7, 11) is 0. The number of carbonyl (C=O) groups is 1. The van der Waals surface area contributed by atoms with E-state index in [4.69, 9.17) is 4.74 Å². The number of rotatable bonds is 6. The van der Waals surface area contributed by atoms with Crippen LogP contribution >= 0.6 is 0 Å². The summed E-state index contributed by atoms with van der Waals surface area (Å²) in [4.78, 5) is 31.2. The predicted molar refractivity (Wildman–Crippen MR) is 126 cm³/mol. The lowest BCUT2D eigenvalue weighted by molar-refractivity contribution is -0.119. The Hall–Kier alpha value is -3.41. The van der Waals surface area contributed by atoms with Gasteiger partial charge in [0.1, 0.15) is 0 Å². The Bertz CT molecular complexity index is 1190. The number of carbonyl (C=O) groups excluding carboxylic acids is 1. The Balaban J connectivity index is 1.49. The molecule has 1 aliphatic heterocycles.